The first kappa shape index (κ1) is 22.3. The first-order valence-electron chi connectivity index (χ1n) is 10.2. The molecule has 6 atom stereocenters. The molecule has 164 valence electrons. The molecule has 1 heterocycles. The average Bonchev–Trinajstić information content (AvgIpc) is 2.92. The molecule has 0 bridgehead atoms. The summed E-state index contributed by atoms with van der Waals surface area (Å²) in [6.45, 7) is 16.2. The third-order valence-corrected chi connectivity index (χ3v) is 6.57. The Morgan fingerprint density at radius 3 is 2.50 bits per heavy atom. The maximum absolute atomic E-state index is 12.5. The van der Waals surface area contributed by atoms with Crippen molar-refractivity contribution in [2.75, 3.05) is 0 Å². The van der Waals surface area contributed by atoms with Gasteiger partial charge in [-0.15, -0.1) is 0 Å². The molecule has 30 heavy (non-hydrogen) atoms. The summed E-state index contributed by atoms with van der Waals surface area (Å²) >= 11 is 0. The van der Waals surface area contributed by atoms with Crippen molar-refractivity contribution in [3.05, 3.63) is 35.5 Å². The highest BCUT2D eigenvalue weighted by Gasteiger charge is 2.60. The zero-order valence-electron chi connectivity index (χ0n) is 18.2. The van der Waals surface area contributed by atoms with E-state index in [0.717, 1.165) is 5.57 Å². The van der Waals surface area contributed by atoms with E-state index in [-0.39, 0.29) is 29.5 Å². The molecule has 0 aromatic rings. The van der Waals surface area contributed by atoms with E-state index in [2.05, 4.69) is 13.2 Å². The molecule has 0 radical (unpaired) electrons. The predicted octanol–water partition coefficient (Wildman–Crippen LogP) is 2.63. The highest BCUT2D eigenvalue weighted by atomic mass is 16.6. The van der Waals surface area contributed by atoms with Crippen LogP contribution in [0.1, 0.15) is 47.5 Å². The molecule has 1 saturated heterocycles. The molecular weight excluding hydrogens is 388 g/mol. The number of ether oxygens (including phenoxy) is 3. The maximum Gasteiger partial charge on any atom is 0.334 e. The molecule has 1 N–H and O–H groups in total. The third-order valence-electron chi connectivity index (χ3n) is 6.57. The fourth-order valence-electron chi connectivity index (χ4n) is 4.79. The van der Waals surface area contributed by atoms with E-state index in [1.807, 2.05) is 13.8 Å². The Balaban J connectivity index is 2.11. The van der Waals surface area contributed by atoms with Gasteiger partial charge >= 0.3 is 17.9 Å². The van der Waals surface area contributed by atoms with Crippen molar-refractivity contribution in [3.8, 4) is 0 Å². The molecule has 7 heteroatoms. The SMILES string of the molecule is C=C(C)C(=O)OC1C2=C(C)C(OC(=O)C(C)C)CC(O)C2(C)CC2OC(=O)C(=C)C21. The number of hydrogen-bond donors (Lipinski definition) is 1. The summed E-state index contributed by atoms with van der Waals surface area (Å²) in [5.41, 5.74) is 1.03. The monoisotopic (exact) mass is 418 g/mol. The highest BCUT2D eigenvalue weighted by Crippen LogP contribution is 2.56. The minimum absolute atomic E-state index is 0.215. The molecule has 0 amide bonds. The minimum Gasteiger partial charge on any atom is -0.458 e. The first-order chi connectivity index (χ1) is 13.9. The second-order valence-corrected chi connectivity index (χ2v) is 9.15. The van der Waals surface area contributed by atoms with Crippen LogP contribution in [0.2, 0.25) is 0 Å². The van der Waals surface area contributed by atoms with Crippen LogP contribution in [-0.4, -0.2) is 47.4 Å². The predicted molar refractivity (Wildman–Crippen MR) is 108 cm³/mol. The van der Waals surface area contributed by atoms with Gasteiger partial charge in [-0.1, -0.05) is 33.9 Å². The smallest absolute Gasteiger partial charge is 0.334 e. The quantitative estimate of drug-likeness (QED) is 0.324. The number of esters is 3. The van der Waals surface area contributed by atoms with Crippen LogP contribution in [0.15, 0.2) is 35.5 Å². The normalized spacial score (nSPS) is 35.5. The van der Waals surface area contributed by atoms with E-state index in [1.165, 1.54) is 6.92 Å². The van der Waals surface area contributed by atoms with Crippen LogP contribution < -0.4 is 0 Å². The molecule has 1 saturated carbocycles. The van der Waals surface area contributed by atoms with Crippen molar-refractivity contribution < 1.29 is 33.7 Å². The number of rotatable bonds is 4. The molecule has 1 aliphatic heterocycles. The third kappa shape index (κ3) is 3.49. The average molecular weight is 418 g/mol. The first-order valence-corrected chi connectivity index (χ1v) is 10.2. The zero-order chi connectivity index (χ0) is 22.5. The lowest BCUT2D eigenvalue weighted by Gasteiger charge is -2.52. The summed E-state index contributed by atoms with van der Waals surface area (Å²) in [4.78, 5) is 36.9. The molecule has 2 fully saturated rings. The molecule has 3 rings (SSSR count). The number of fused-ring (bicyclic) bond motifs is 2. The van der Waals surface area contributed by atoms with Gasteiger partial charge in [-0.2, -0.15) is 0 Å². The van der Waals surface area contributed by atoms with E-state index >= 15 is 0 Å². The highest BCUT2D eigenvalue weighted by molar-refractivity contribution is 5.92. The van der Waals surface area contributed by atoms with Gasteiger partial charge in [-0.3, -0.25) is 4.79 Å². The van der Waals surface area contributed by atoms with Crippen molar-refractivity contribution >= 4 is 17.9 Å². The van der Waals surface area contributed by atoms with Gasteiger partial charge in [0.05, 0.1) is 17.9 Å². The molecule has 0 aromatic carbocycles. The Hall–Kier alpha value is -2.41. The van der Waals surface area contributed by atoms with E-state index in [9.17, 15) is 19.5 Å². The van der Waals surface area contributed by atoms with E-state index in [4.69, 9.17) is 14.2 Å². The van der Waals surface area contributed by atoms with Gasteiger partial charge in [0.2, 0.25) is 0 Å². The summed E-state index contributed by atoms with van der Waals surface area (Å²) in [6, 6.07) is 0. The molecule has 0 aromatic heterocycles. The lowest BCUT2D eigenvalue weighted by molar-refractivity contribution is -0.161. The number of carbonyl (C=O) groups excluding carboxylic acids is 3. The van der Waals surface area contributed by atoms with E-state index in [0.29, 0.717) is 12.0 Å². The summed E-state index contributed by atoms with van der Waals surface area (Å²) in [5.74, 6) is -2.39. The molecular formula is C23H30O7. The molecule has 2 aliphatic carbocycles. The van der Waals surface area contributed by atoms with Crippen LogP contribution in [0, 0.1) is 17.3 Å². The number of hydrogen-bond acceptors (Lipinski definition) is 7. The lowest BCUT2D eigenvalue weighted by Crippen LogP contribution is -2.55. The van der Waals surface area contributed by atoms with Crippen LogP contribution in [0.3, 0.4) is 0 Å². The lowest BCUT2D eigenvalue weighted by atomic mass is 9.57. The van der Waals surface area contributed by atoms with Crippen LogP contribution in [0.5, 0.6) is 0 Å². The Morgan fingerprint density at radius 2 is 1.93 bits per heavy atom. The van der Waals surface area contributed by atoms with Crippen molar-refractivity contribution in [2.24, 2.45) is 17.3 Å². The van der Waals surface area contributed by atoms with E-state index < -0.39 is 47.7 Å². The molecule has 6 unspecified atom stereocenters. The van der Waals surface area contributed by atoms with Gasteiger partial charge < -0.3 is 19.3 Å². The fourth-order valence-corrected chi connectivity index (χ4v) is 4.79. The Labute approximate surface area is 176 Å². The maximum atomic E-state index is 12.5. The van der Waals surface area contributed by atoms with Crippen LogP contribution in [0.25, 0.3) is 0 Å². The van der Waals surface area contributed by atoms with Crippen molar-refractivity contribution in [2.45, 2.75) is 71.9 Å². The van der Waals surface area contributed by atoms with Gasteiger partial charge in [-0.05, 0) is 31.4 Å². The second kappa shape index (κ2) is 7.69. The van der Waals surface area contributed by atoms with Crippen LogP contribution >= 0.6 is 0 Å². The number of carbonyl (C=O) groups is 3. The fraction of sp³-hybridized carbons (Fsp3) is 0.609. The van der Waals surface area contributed by atoms with Gasteiger partial charge in [0.15, 0.2) is 0 Å². The van der Waals surface area contributed by atoms with Gasteiger partial charge in [-0.25, -0.2) is 9.59 Å². The van der Waals surface area contributed by atoms with Crippen molar-refractivity contribution in [1.29, 1.82) is 0 Å². The standard InChI is InChI=1S/C23H30O7/c1-10(2)20(25)28-14-8-16(24)23(7)9-15-17(13(6)22(27)29-15)19(18(23)12(14)5)30-21(26)11(3)4/h10,14-17,19,24H,3,6,8-9H2,1-2,4-5,7H3. The summed E-state index contributed by atoms with van der Waals surface area (Å²) < 4.78 is 17.0. The largest absolute Gasteiger partial charge is 0.458 e. The van der Waals surface area contributed by atoms with Crippen LogP contribution in [-0.2, 0) is 28.6 Å². The minimum atomic E-state index is -0.874. The number of aliphatic hydroxyl groups is 1. The zero-order valence-corrected chi connectivity index (χ0v) is 18.2. The second-order valence-electron chi connectivity index (χ2n) is 9.15. The van der Waals surface area contributed by atoms with Gasteiger partial charge in [0.1, 0.15) is 18.3 Å². The summed E-state index contributed by atoms with van der Waals surface area (Å²) in [5, 5.41) is 11.1. The van der Waals surface area contributed by atoms with Crippen LogP contribution in [0.4, 0.5) is 0 Å². The Kier molecular flexibility index (Phi) is 5.71. The topological polar surface area (TPSA) is 99.1 Å². The number of aliphatic hydroxyl groups excluding tert-OH is 1. The summed E-state index contributed by atoms with van der Waals surface area (Å²) in [7, 11) is 0. The van der Waals surface area contributed by atoms with Gasteiger partial charge in [0, 0.05) is 23.0 Å². The van der Waals surface area contributed by atoms with Crippen molar-refractivity contribution in [3.63, 3.8) is 0 Å². The van der Waals surface area contributed by atoms with E-state index in [1.54, 1.807) is 13.8 Å². The molecule has 7 nitrogen and oxygen atoms in total. The van der Waals surface area contributed by atoms with Crippen molar-refractivity contribution in [1.82, 2.24) is 0 Å². The molecule has 3 aliphatic rings. The Bertz CT molecular complexity index is 852. The summed E-state index contributed by atoms with van der Waals surface area (Å²) in [6.07, 6.45) is -2.36. The van der Waals surface area contributed by atoms with Gasteiger partial charge in [0.25, 0.3) is 0 Å². The Morgan fingerprint density at radius 1 is 1.30 bits per heavy atom. The molecule has 0 spiro atoms.